The molecule has 0 bridgehead atoms. The summed E-state index contributed by atoms with van der Waals surface area (Å²) in [6.07, 6.45) is 0. The van der Waals surface area contributed by atoms with Gasteiger partial charge in [0.15, 0.2) is 0 Å². The molecule has 0 aromatic heterocycles. The Hall–Kier alpha value is 1.46. The van der Waals surface area contributed by atoms with Gasteiger partial charge in [0.05, 0.1) is 0 Å². The Kier molecular flexibility index (Phi) is 13200. The summed E-state index contributed by atoms with van der Waals surface area (Å²) in [4.78, 5) is 0. The monoisotopic (exact) mass is 304 g/mol. The maximum absolute atomic E-state index is 6.25. The van der Waals surface area contributed by atoms with Crippen LogP contribution in [0.2, 0.25) is 0 Å². The molecule has 0 amide bonds. The number of hydrogen-bond donors (Lipinski definition) is 0. The molecule has 0 N–H and O–H groups in total. The van der Waals surface area contributed by atoms with Gasteiger partial charge in [-0.25, -0.2) is 0 Å². The Morgan fingerprint density at radius 2 is 0.353 bits per heavy atom. The predicted molar refractivity (Wildman–Crippen MR) is 41.3 cm³/mol. The Bertz CT molecular complexity index is 106. The first kappa shape index (κ1) is 101. The van der Waals surface area contributed by atoms with E-state index in [-0.39, 0.29) is 135 Å². The molecular formula is C6FeN6Na4. The Labute approximate surface area is 202 Å². The van der Waals surface area contributed by atoms with Crippen molar-refractivity contribution in [3.63, 3.8) is 0 Å². The van der Waals surface area contributed by atoms with E-state index in [4.69, 9.17) is 71.0 Å². The third-order valence-corrected chi connectivity index (χ3v) is 0. The van der Waals surface area contributed by atoms with Crippen LogP contribution in [0.4, 0.5) is 0 Å². The van der Waals surface area contributed by atoms with Crippen molar-refractivity contribution >= 4 is 59.1 Å². The van der Waals surface area contributed by atoms with E-state index in [0.717, 1.165) is 0 Å². The summed E-state index contributed by atoms with van der Waals surface area (Å²) in [5, 5.41) is 37.5. The second-order valence-corrected chi connectivity index (χ2v) is 0. The SMILES string of the molecule is [C-]#N.[C-]#N.[C-]#N.[C-]#N.[C-]#N.[C-]#N.[Fe+4].[Na+].[Na+].[Na].[Na]. The van der Waals surface area contributed by atoms with Crippen molar-refractivity contribution in [2.24, 2.45) is 0 Å². The number of rotatable bonds is 0. The van der Waals surface area contributed by atoms with Crippen LogP contribution in [0.5, 0.6) is 0 Å². The normalized spacial score (nSPS) is 0.706. The van der Waals surface area contributed by atoms with Crippen LogP contribution in [0.15, 0.2) is 0 Å². The Balaban J connectivity index is -0.00000000267. The fraction of sp³-hybridized carbons (Fsp3) is 0. The predicted octanol–water partition coefficient (Wildman–Crippen LogP) is -6.18. The molecule has 0 saturated heterocycles. The third kappa shape index (κ3) is 1960. The maximum Gasteiger partial charge on any atom is 4.00 e. The van der Waals surface area contributed by atoms with Gasteiger partial charge in [0, 0.05) is 59.1 Å². The van der Waals surface area contributed by atoms with Crippen LogP contribution in [-0.4, -0.2) is 59.1 Å². The van der Waals surface area contributed by atoms with E-state index in [2.05, 4.69) is 0 Å². The van der Waals surface area contributed by atoms with E-state index in [1.54, 1.807) is 0 Å². The summed E-state index contributed by atoms with van der Waals surface area (Å²) in [6.45, 7) is 28.5. The minimum Gasteiger partial charge on any atom is -0.512 e. The average molecular weight is 304 g/mol. The smallest absolute Gasteiger partial charge is 0.512 e. The second kappa shape index (κ2) is 2220. The van der Waals surface area contributed by atoms with Crippen LogP contribution in [0, 0.1) is 71.0 Å². The molecule has 0 heterocycles. The first-order valence-electron chi connectivity index (χ1n) is 1.34. The van der Waals surface area contributed by atoms with Crippen molar-refractivity contribution in [2.75, 3.05) is 0 Å². The van der Waals surface area contributed by atoms with E-state index in [0.29, 0.717) is 0 Å². The quantitative estimate of drug-likeness (QED) is 0.322. The van der Waals surface area contributed by atoms with Gasteiger partial charge in [-0.1, -0.05) is 0 Å². The molecule has 0 aliphatic rings. The molecule has 17 heavy (non-hydrogen) atoms. The average Bonchev–Trinajstić information content (AvgIpc) is 2.33. The van der Waals surface area contributed by atoms with Crippen molar-refractivity contribution in [3.8, 4) is 0 Å². The second-order valence-electron chi connectivity index (χ2n) is 0. The zero-order valence-electron chi connectivity index (χ0n) is 10.0. The largest absolute Gasteiger partial charge is 4.00 e. The number of nitrogens with zero attached hydrogens (tertiary/aromatic N) is 6. The van der Waals surface area contributed by atoms with Crippen molar-refractivity contribution in [2.45, 2.75) is 0 Å². The van der Waals surface area contributed by atoms with Crippen LogP contribution in [0.1, 0.15) is 0 Å². The molecule has 66 valence electrons. The van der Waals surface area contributed by atoms with Crippen LogP contribution >= 0.6 is 0 Å². The number of hydrogen-bond acceptors (Lipinski definition) is 6. The summed E-state index contributed by atoms with van der Waals surface area (Å²) in [5.74, 6) is 0. The van der Waals surface area contributed by atoms with Gasteiger partial charge in [0.25, 0.3) is 0 Å². The molecule has 11 heteroatoms. The summed E-state index contributed by atoms with van der Waals surface area (Å²) in [5.41, 5.74) is 0. The fourth-order valence-corrected chi connectivity index (χ4v) is 0. The van der Waals surface area contributed by atoms with Gasteiger partial charge in [-0.05, 0) is 0 Å². The molecule has 0 aliphatic carbocycles. The molecular weight excluding hydrogens is 304 g/mol. The topological polar surface area (TPSA) is 143 Å². The van der Waals surface area contributed by atoms with Gasteiger partial charge in [0.2, 0.25) is 0 Å². The van der Waals surface area contributed by atoms with E-state index >= 15 is 0 Å². The zero-order valence-corrected chi connectivity index (χ0v) is 19.1. The van der Waals surface area contributed by atoms with Gasteiger partial charge in [-0.3, -0.25) is 0 Å². The van der Waals surface area contributed by atoms with E-state index in [1.807, 2.05) is 0 Å². The molecule has 6 nitrogen and oxygen atoms in total. The van der Waals surface area contributed by atoms with Gasteiger partial charge in [-0.2, -0.15) is 0 Å². The van der Waals surface area contributed by atoms with E-state index in [1.165, 1.54) is 0 Å². The molecule has 0 saturated carbocycles. The molecule has 0 aromatic carbocycles. The minimum absolute atomic E-state index is 0. The first-order valence-corrected chi connectivity index (χ1v) is 1.34. The first-order chi connectivity index (χ1) is 6.00. The molecule has 0 spiro atoms. The Morgan fingerprint density at radius 3 is 0.353 bits per heavy atom. The minimum atomic E-state index is 0. The van der Waals surface area contributed by atoms with Crippen molar-refractivity contribution in [1.29, 1.82) is 31.6 Å². The fourth-order valence-electron chi connectivity index (χ4n) is 0. The van der Waals surface area contributed by atoms with E-state index < -0.39 is 0 Å². The van der Waals surface area contributed by atoms with Crippen LogP contribution in [-0.2, 0) is 17.1 Å². The van der Waals surface area contributed by atoms with Crippen LogP contribution in [0.25, 0.3) is 0 Å². The van der Waals surface area contributed by atoms with Crippen molar-refractivity contribution in [3.05, 3.63) is 39.4 Å². The van der Waals surface area contributed by atoms with Gasteiger partial charge >= 0.3 is 76.2 Å². The van der Waals surface area contributed by atoms with Gasteiger partial charge in [0.1, 0.15) is 0 Å². The molecule has 0 aliphatic heterocycles. The van der Waals surface area contributed by atoms with Crippen molar-refractivity contribution in [1.82, 2.24) is 0 Å². The molecule has 0 aromatic rings. The molecule has 0 unspecified atom stereocenters. The van der Waals surface area contributed by atoms with E-state index in [9.17, 15) is 0 Å². The molecule has 0 rings (SSSR count). The molecule has 0 fully saturated rings. The third-order valence-electron chi connectivity index (χ3n) is 0. The van der Waals surface area contributed by atoms with Gasteiger partial charge < -0.3 is 71.0 Å². The standard InChI is InChI=1S/6CN.Fe.4Na/c6*1-2;;;;;/q6*-1;+4;;;2*+1. The maximum atomic E-state index is 6.25. The van der Waals surface area contributed by atoms with Crippen LogP contribution < -0.4 is 59.1 Å². The van der Waals surface area contributed by atoms with Gasteiger partial charge in [-0.15, -0.1) is 0 Å². The Morgan fingerprint density at radius 1 is 0.353 bits per heavy atom. The molecule has 2 radical (unpaired) electrons. The van der Waals surface area contributed by atoms with Crippen molar-refractivity contribution < 1.29 is 76.2 Å². The zero-order chi connectivity index (χ0) is 12.0. The summed E-state index contributed by atoms with van der Waals surface area (Å²) in [6, 6.07) is 0. The van der Waals surface area contributed by atoms with Crippen LogP contribution in [0.3, 0.4) is 0 Å². The summed E-state index contributed by atoms with van der Waals surface area (Å²) >= 11 is 0. The summed E-state index contributed by atoms with van der Waals surface area (Å²) < 4.78 is 0. The molecule has 0 atom stereocenters. The summed E-state index contributed by atoms with van der Waals surface area (Å²) in [7, 11) is 0.